The molecule has 2 heteroatoms. The third-order valence-corrected chi connectivity index (χ3v) is 4.94. The highest BCUT2D eigenvalue weighted by Crippen LogP contribution is 2.35. The van der Waals surface area contributed by atoms with Crippen molar-refractivity contribution in [1.82, 2.24) is 4.90 Å². The fourth-order valence-electron chi connectivity index (χ4n) is 3.18. The summed E-state index contributed by atoms with van der Waals surface area (Å²) in [7, 11) is 2.24. The molecule has 0 radical (unpaired) electrons. The number of hydrogen-bond donors (Lipinski definition) is 1. The molecule has 1 aliphatic carbocycles. The lowest BCUT2D eigenvalue weighted by Crippen LogP contribution is -2.53. The molecule has 1 aromatic rings. The van der Waals surface area contributed by atoms with Crippen LogP contribution in [0.5, 0.6) is 0 Å². The van der Waals surface area contributed by atoms with E-state index in [0.29, 0.717) is 0 Å². The van der Waals surface area contributed by atoms with Crippen LogP contribution in [-0.4, -0.2) is 24.0 Å². The van der Waals surface area contributed by atoms with Crippen LogP contribution in [0.3, 0.4) is 0 Å². The van der Waals surface area contributed by atoms with Crippen LogP contribution in [0.2, 0.25) is 0 Å². The van der Waals surface area contributed by atoms with Crippen molar-refractivity contribution >= 4 is 0 Å². The molecule has 19 heavy (non-hydrogen) atoms. The van der Waals surface area contributed by atoms with Crippen LogP contribution in [0.4, 0.5) is 0 Å². The largest absolute Gasteiger partial charge is 0.329 e. The summed E-state index contributed by atoms with van der Waals surface area (Å²) in [5, 5.41) is 0. The lowest BCUT2D eigenvalue weighted by atomic mass is 9.76. The van der Waals surface area contributed by atoms with Gasteiger partial charge in [0.15, 0.2) is 0 Å². The molecule has 0 atom stereocenters. The van der Waals surface area contributed by atoms with E-state index >= 15 is 0 Å². The van der Waals surface area contributed by atoms with E-state index in [4.69, 9.17) is 5.73 Å². The van der Waals surface area contributed by atoms with Crippen LogP contribution in [0, 0.1) is 12.8 Å². The Hall–Kier alpha value is -0.860. The Morgan fingerprint density at radius 2 is 1.79 bits per heavy atom. The summed E-state index contributed by atoms with van der Waals surface area (Å²) in [6, 6.07) is 8.87. The van der Waals surface area contributed by atoms with E-state index in [1.165, 1.54) is 36.8 Å². The summed E-state index contributed by atoms with van der Waals surface area (Å²) in [6.07, 6.45) is 5.12. The van der Waals surface area contributed by atoms with Crippen LogP contribution in [-0.2, 0) is 6.54 Å². The third-order valence-electron chi connectivity index (χ3n) is 4.94. The van der Waals surface area contributed by atoms with Gasteiger partial charge in [0.1, 0.15) is 0 Å². The molecule has 2 rings (SSSR count). The van der Waals surface area contributed by atoms with Crippen molar-refractivity contribution in [2.75, 3.05) is 13.6 Å². The summed E-state index contributed by atoms with van der Waals surface area (Å²) in [6.45, 7) is 6.28. The summed E-state index contributed by atoms with van der Waals surface area (Å²) in [5.74, 6) is 0.868. The van der Waals surface area contributed by atoms with Gasteiger partial charge >= 0.3 is 0 Å². The van der Waals surface area contributed by atoms with Crippen LogP contribution in [0.25, 0.3) is 0 Å². The zero-order chi connectivity index (χ0) is 13.9. The summed E-state index contributed by atoms with van der Waals surface area (Å²) in [5.41, 5.74) is 9.05. The first-order chi connectivity index (χ1) is 9.05. The molecule has 0 spiro atoms. The molecule has 106 valence electrons. The molecule has 1 aromatic carbocycles. The number of hydrogen-bond acceptors (Lipinski definition) is 2. The van der Waals surface area contributed by atoms with Crippen molar-refractivity contribution in [2.24, 2.45) is 11.7 Å². The van der Waals surface area contributed by atoms with Crippen LogP contribution < -0.4 is 5.73 Å². The Kier molecular flexibility index (Phi) is 4.64. The van der Waals surface area contributed by atoms with Crippen molar-refractivity contribution in [3.8, 4) is 0 Å². The second-order valence-electron chi connectivity index (χ2n) is 6.45. The second kappa shape index (κ2) is 6.06. The molecule has 0 aliphatic heterocycles. The molecule has 0 unspecified atom stereocenters. The highest BCUT2D eigenvalue weighted by atomic mass is 15.2. The Morgan fingerprint density at radius 1 is 1.21 bits per heavy atom. The maximum Gasteiger partial charge on any atom is 0.0332 e. The highest BCUT2D eigenvalue weighted by molar-refractivity contribution is 5.21. The van der Waals surface area contributed by atoms with E-state index < -0.39 is 0 Å². The zero-order valence-corrected chi connectivity index (χ0v) is 12.7. The minimum atomic E-state index is 0.220. The number of rotatable bonds is 4. The van der Waals surface area contributed by atoms with Crippen molar-refractivity contribution in [2.45, 2.75) is 51.6 Å². The first kappa shape index (κ1) is 14.5. The number of aryl methyl sites for hydroxylation is 1. The van der Waals surface area contributed by atoms with Gasteiger partial charge in [-0.15, -0.1) is 0 Å². The van der Waals surface area contributed by atoms with Crippen molar-refractivity contribution < 1.29 is 0 Å². The standard InChI is InChI=1S/C17H28N2/c1-14-4-6-16(7-5-14)12-19(3)17(13-18)10-8-15(2)9-11-17/h4-7,15H,8-13,18H2,1-3H3. The fraction of sp³-hybridized carbons (Fsp3) is 0.647. The van der Waals surface area contributed by atoms with Gasteiger partial charge in [-0.25, -0.2) is 0 Å². The van der Waals surface area contributed by atoms with E-state index in [2.05, 4.69) is 50.1 Å². The van der Waals surface area contributed by atoms with Gasteiger partial charge in [-0.3, -0.25) is 4.90 Å². The Labute approximate surface area is 118 Å². The molecule has 2 nitrogen and oxygen atoms in total. The molecule has 0 heterocycles. The lowest BCUT2D eigenvalue weighted by Gasteiger charge is -2.45. The minimum Gasteiger partial charge on any atom is -0.329 e. The van der Waals surface area contributed by atoms with E-state index in [1.807, 2.05) is 0 Å². The molecule has 0 saturated heterocycles. The lowest BCUT2D eigenvalue weighted by molar-refractivity contribution is 0.0616. The van der Waals surface area contributed by atoms with Crippen LogP contribution >= 0.6 is 0 Å². The summed E-state index contributed by atoms with van der Waals surface area (Å²) in [4.78, 5) is 2.49. The Morgan fingerprint density at radius 3 is 2.32 bits per heavy atom. The van der Waals surface area contributed by atoms with E-state index in [-0.39, 0.29) is 5.54 Å². The fourth-order valence-corrected chi connectivity index (χ4v) is 3.18. The van der Waals surface area contributed by atoms with Gasteiger partial charge in [-0.2, -0.15) is 0 Å². The number of nitrogens with two attached hydrogens (primary N) is 1. The monoisotopic (exact) mass is 260 g/mol. The minimum absolute atomic E-state index is 0.220. The van der Waals surface area contributed by atoms with Gasteiger partial charge < -0.3 is 5.73 Å². The van der Waals surface area contributed by atoms with Gasteiger partial charge in [0.2, 0.25) is 0 Å². The van der Waals surface area contributed by atoms with Crippen LogP contribution in [0.15, 0.2) is 24.3 Å². The first-order valence-corrected chi connectivity index (χ1v) is 7.52. The van der Waals surface area contributed by atoms with E-state index in [1.54, 1.807) is 0 Å². The number of benzene rings is 1. The van der Waals surface area contributed by atoms with Crippen LogP contribution in [0.1, 0.15) is 43.7 Å². The molecule has 1 aliphatic rings. The summed E-state index contributed by atoms with van der Waals surface area (Å²) >= 11 is 0. The maximum atomic E-state index is 6.12. The van der Waals surface area contributed by atoms with Gasteiger partial charge in [0, 0.05) is 18.6 Å². The molecule has 1 fully saturated rings. The zero-order valence-electron chi connectivity index (χ0n) is 12.7. The average molecular weight is 260 g/mol. The van der Waals surface area contributed by atoms with E-state index in [0.717, 1.165) is 19.0 Å². The molecular formula is C17H28N2. The number of likely N-dealkylation sites (N-methyl/N-ethyl adjacent to an activating group) is 1. The third kappa shape index (κ3) is 3.37. The van der Waals surface area contributed by atoms with Gasteiger partial charge in [0.05, 0.1) is 0 Å². The highest BCUT2D eigenvalue weighted by Gasteiger charge is 2.36. The predicted octanol–water partition coefficient (Wildman–Crippen LogP) is 3.33. The van der Waals surface area contributed by atoms with Crippen molar-refractivity contribution in [3.63, 3.8) is 0 Å². The first-order valence-electron chi connectivity index (χ1n) is 7.52. The normalized spacial score (nSPS) is 27.7. The van der Waals surface area contributed by atoms with E-state index in [9.17, 15) is 0 Å². The molecule has 0 amide bonds. The quantitative estimate of drug-likeness (QED) is 0.899. The molecule has 1 saturated carbocycles. The summed E-state index contributed by atoms with van der Waals surface area (Å²) < 4.78 is 0. The maximum absolute atomic E-state index is 6.12. The van der Waals surface area contributed by atoms with Gasteiger partial charge in [-0.05, 0) is 51.1 Å². The smallest absolute Gasteiger partial charge is 0.0332 e. The molecular weight excluding hydrogens is 232 g/mol. The Bertz CT molecular complexity index is 388. The second-order valence-corrected chi connectivity index (χ2v) is 6.45. The number of nitrogens with zero attached hydrogens (tertiary/aromatic N) is 1. The Balaban J connectivity index is 2.04. The molecule has 2 N–H and O–H groups in total. The topological polar surface area (TPSA) is 29.3 Å². The average Bonchev–Trinajstić information content (AvgIpc) is 2.42. The van der Waals surface area contributed by atoms with Gasteiger partial charge in [-0.1, -0.05) is 36.8 Å². The van der Waals surface area contributed by atoms with Crippen molar-refractivity contribution in [1.29, 1.82) is 0 Å². The predicted molar refractivity (Wildman–Crippen MR) is 82.1 cm³/mol. The van der Waals surface area contributed by atoms with Crippen molar-refractivity contribution in [3.05, 3.63) is 35.4 Å². The van der Waals surface area contributed by atoms with Gasteiger partial charge in [0.25, 0.3) is 0 Å². The molecule has 0 bridgehead atoms. The molecule has 0 aromatic heterocycles. The SMILES string of the molecule is Cc1ccc(CN(C)C2(CN)CCC(C)CC2)cc1.